The van der Waals surface area contributed by atoms with Gasteiger partial charge in [0, 0.05) is 23.7 Å². The first-order valence-corrected chi connectivity index (χ1v) is 10.5. The molecule has 0 aliphatic carbocycles. The van der Waals surface area contributed by atoms with Crippen molar-refractivity contribution < 1.29 is 9.59 Å². The van der Waals surface area contributed by atoms with Crippen molar-refractivity contribution in [2.24, 2.45) is 0 Å². The molecule has 1 saturated heterocycles. The van der Waals surface area contributed by atoms with E-state index in [1.54, 1.807) is 36.4 Å². The summed E-state index contributed by atoms with van der Waals surface area (Å²) in [5.74, 6) is -0.413. The minimum absolute atomic E-state index is 0.0860. The molecule has 154 valence electrons. The zero-order chi connectivity index (χ0) is 21.3. The first kappa shape index (κ1) is 20.3. The van der Waals surface area contributed by atoms with Crippen molar-refractivity contribution in [2.45, 2.75) is 33.1 Å². The number of anilines is 1. The Labute approximate surface area is 180 Å². The van der Waals surface area contributed by atoms with E-state index in [-0.39, 0.29) is 11.8 Å². The number of fused-ring (bicyclic) bond motifs is 1. The second-order valence-corrected chi connectivity index (χ2v) is 8.03. The van der Waals surface area contributed by atoms with Crippen LogP contribution in [0.25, 0.3) is 11.0 Å². The molecule has 2 amide bonds. The summed E-state index contributed by atoms with van der Waals surface area (Å²) in [6, 6.07) is 10.2. The summed E-state index contributed by atoms with van der Waals surface area (Å²) in [5.41, 5.74) is 4.37. The van der Waals surface area contributed by atoms with E-state index in [2.05, 4.69) is 15.3 Å². The van der Waals surface area contributed by atoms with Gasteiger partial charge in [-0.2, -0.15) is 0 Å². The van der Waals surface area contributed by atoms with Crippen molar-refractivity contribution in [2.75, 3.05) is 18.4 Å². The number of halogens is 1. The lowest BCUT2D eigenvalue weighted by atomic mass is 10.1. The average molecular weight is 423 g/mol. The molecular weight excluding hydrogens is 400 g/mol. The van der Waals surface area contributed by atoms with Gasteiger partial charge in [-0.25, -0.2) is 9.97 Å². The number of nitrogens with one attached hydrogen (secondary N) is 1. The monoisotopic (exact) mass is 422 g/mol. The number of carbonyl (C=O) groups excluding carboxylic acids is 2. The summed E-state index contributed by atoms with van der Waals surface area (Å²) < 4.78 is 0. The van der Waals surface area contributed by atoms with Crippen LogP contribution in [0.4, 0.5) is 5.69 Å². The highest BCUT2D eigenvalue weighted by Gasteiger charge is 2.22. The molecule has 0 bridgehead atoms. The number of hydrogen-bond donors (Lipinski definition) is 1. The predicted octanol–water partition coefficient (Wildman–Crippen LogP) is 4.78. The molecule has 1 fully saturated rings. The van der Waals surface area contributed by atoms with Gasteiger partial charge in [-0.15, -0.1) is 0 Å². The van der Waals surface area contributed by atoms with Crippen LogP contribution in [0.3, 0.4) is 0 Å². The molecule has 2 heterocycles. The van der Waals surface area contributed by atoms with Gasteiger partial charge in [-0.3, -0.25) is 9.59 Å². The van der Waals surface area contributed by atoms with E-state index in [1.807, 2.05) is 18.7 Å². The Hall–Kier alpha value is -2.99. The summed E-state index contributed by atoms with van der Waals surface area (Å²) in [6.07, 6.45) is 3.13. The maximum Gasteiger partial charge on any atom is 0.255 e. The SMILES string of the molecule is Cc1nc2ccc(C(=O)Nc3cc(Cl)ccc3C(=O)N3CCCCC3)cc2nc1C. The molecule has 7 heteroatoms. The smallest absolute Gasteiger partial charge is 0.255 e. The largest absolute Gasteiger partial charge is 0.339 e. The quantitative estimate of drug-likeness (QED) is 0.659. The molecule has 0 saturated carbocycles. The fourth-order valence-corrected chi connectivity index (χ4v) is 3.81. The highest BCUT2D eigenvalue weighted by Crippen LogP contribution is 2.25. The number of likely N-dealkylation sites (tertiary alicyclic amines) is 1. The molecule has 1 aliphatic heterocycles. The van der Waals surface area contributed by atoms with Gasteiger partial charge in [0.25, 0.3) is 11.8 Å². The van der Waals surface area contributed by atoms with Crippen molar-refractivity contribution in [3.8, 4) is 0 Å². The maximum absolute atomic E-state index is 13.0. The van der Waals surface area contributed by atoms with E-state index < -0.39 is 0 Å². The molecule has 1 N–H and O–H groups in total. The van der Waals surface area contributed by atoms with Crippen LogP contribution in [0.15, 0.2) is 36.4 Å². The topological polar surface area (TPSA) is 75.2 Å². The summed E-state index contributed by atoms with van der Waals surface area (Å²) in [4.78, 5) is 36.8. The molecule has 30 heavy (non-hydrogen) atoms. The van der Waals surface area contributed by atoms with Crippen LogP contribution in [0.1, 0.15) is 51.4 Å². The molecule has 2 aromatic carbocycles. The number of aryl methyl sites for hydroxylation is 2. The summed E-state index contributed by atoms with van der Waals surface area (Å²) in [5, 5.41) is 3.31. The standard InChI is InChI=1S/C23H23ClN4O2/c1-14-15(2)26-21-12-16(6-9-19(21)25-14)22(29)27-20-13-17(24)7-8-18(20)23(30)28-10-4-3-5-11-28/h6-9,12-13H,3-5,10-11H2,1-2H3,(H,27,29). The van der Waals surface area contributed by atoms with Crippen molar-refractivity contribution >= 4 is 40.1 Å². The number of aromatic nitrogens is 2. The van der Waals surface area contributed by atoms with Gasteiger partial charge >= 0.3 is 0 Å². The lowest BCUT2D eigenvalue weighted by Crippen LogP contribution is -2.36. The Bertz CT molecular complexity index is 1140. The third kappa shape index (κ3) is 4.14. The van der Waals surface area contributed by atoms with Crippen molar-refractivity contribution in [1.29, 1.82) is 0 Å². The van der Waals surface area contributed by atoms with Gasteiger partial charge in [0.05, 0.1) is 33.7 Å². The third-order valence-corrected chi connectivity index (χ3v) is 5.68. The fraction of sp³-hybridized carbons (Fsp3) is 0.304. The Morgan fingerprint density at radius 2 is 1.63 bits per heavy atom. The first-order chi connectivity index (χ1) is 14.4. The summed E-state index contributed by atoms with van der Waals surface area (Å²) in [6.45, 7) is 5.26. The van der Waals surface area contributed by atoms with Gasteiger partial charge in [0.1, 0.15) is 0 Å². The molecule has 3 aromatic rings. The lowest BCUT2D eigenvalue weighted by Gasteiger charge is -2.27. The molecule has 0 spiro atoms. The molecule has 0 atom stereocenters. The van der Waals surface area contributed by atoms with Crippen LogP contribution in [0.5, 0.6) is 0 Å². The van der Waals surface area contributed by atoms with Gasteiger partial charge in [0.15, 0.2) is 0 Å². The molecule has 6 nitrogen and oxygen atoms in total. The van der Waals surface area contributed by atoms with Crippen LogP contribution in [0, 0.1) is 13.8 Å². The van der Waals surface area contributed by atoms with Gasteiger partial charge < -0.3 is 10.2 Å². The van der Waals surface area contributed by atoms with E-state index in [4.69, 9.17) is 11.6 Å². The van der Waals surface area contributed by atoms with Gasteiger partial charge in [-0.1, -0.05) is 11.6 Å². The zero-order valence-electron chi connectivity index (χ0n) is 17.0. The minimum Gasteiger partial charge on any atom is -0.339 e. The predicted molar refractivity (Wildman–Crippen MR) is 118 cm³/mol. The summed E-state index contributed by atoms with van der Waals surface area (Å²) >= 11 is 6.15. The zero-order valence-corrected chi connectivity index (χ0v) is 17.8. The van der Waals surface area contributed by atoms with E-state index >= 15 is 0 Å². The number of piperidine rings is 1. The highest BCUT2D eigenvalue weighted by atomic mass is 35.5. The first-order valence-electron chi connectivity index (χ1n) is 10.1. The highest BCUT2D eigenvalue weighted by molar-refractivity contribution is 6.31. The molecule has 0 unspecified atom stereocenters. The maximum atomic E-state index is 13.0. The fourth-order valence-electron chi connectivity index (χ4n) is 3.64. The van der Waals surface area contributed by atoms with E-state index in [0.29, 0.717) is 27.4 Å². The molecule has 0 radical (unpaired) electrons. The average Bonchev–Trinajstić information content (AvgIpc) is 2.74. The van der Waals surface area contributed by atoms with Crippen molar-refractivity contribution in [3.63, 3.8) is 0 Å². The lowest BCUT2D eigenvalue weighted by molar-refractivity contribution is 0.0725. The Balaban J connectivity index is 1.62. The van der Waals surface area contributed by atoms with E-state index in [0.717, 1.165) is 49.3 Å². The Kier molecular flexibility index (Phi) is 5.68. The normalized spacial score (nSPS) is 14.0. The van der Waals surface area contributed by atoms with Gasteiger partial charge in [0.2, 0.25) is 0 Å². The number of hydrogen-bond acceptors (Lipinski definition) is 4. The van der Waals surface area contributed by atoms with Crippen molar-refractivity contribution in [1.82, 2.24) is 14.9 Å². The van der Waals surface area contributed by atoms with Crippen molar-refractivity contribution in [3.05, 3.63) is 63.9 Å². The van der Waals surface area contributed by atoms with Gasteiger partial charge in [-0.05, 0) is 69.5 Å². The second-order valence-electron chi connectivity index (χ2n) is 7.59. The second kappa shape index (κ2) is 8.40. The van der Waals surface area contributed by atoms with E-state index in [1.165, 1.54) is 0 Å². The summed E-state index contributed by atoms with van der Waals surface area (Å²) in [7, 11) is 0. The molecule has 4 rings (SSSR count). The van der Waals surface area contributed by atoms with Crippen LogP contribution < -0.4 is 5.32 Å². The van der Waals surface area contributed by atoms with Crippen LogP contribution >= 0.6 is 11.6 Å². The number of benzene rings is 2. The molecule has 1 aliphatic rings. The Morgan fingerprint density at radius 3 is 2.37 bits per heavy atom. The van der Waals surface area contributed by atoms with E-state index in [9.17, 15) is 9.59 Å². The Morgan fingerprint density at radius 1 is 0.933 bits per heavy atom. The molecular formula is C23H23ClN4O2. The van der Waals surface area contributed by atoms with Crippen LogP contribution in [0.2, 0.25) is 5.02 Å². The minimum atomic E-state index is -0.327. The van der Waals surface area contributed by atoms with Crippen LogP contribution in [-0.4, -0.2) is 39.8 Å². The molecule has 1 aromatic heterocycles. The number of carbonyl (C=O) groups is 2. The number of rotatable bonds is 3. The number of amides is 2. The van der Waals surface area contributed by atoms with Crippen LogP contribution in [-0.2, 0) is 0 Å². The third-order valence-electron chi connectivity index (χ3n) is 5.44. The number of nitrogens with zero attached hydrogens (tertiary/aromatic N) is 3.